The molecule has 0 fully saturated rings. The predicted molar refractivity (Wildman–Crippen MR) is 68.9 cm³/mol. The number of hydrogen-bond donors (Lipinski definition) is 1. The normalized spacial score (nSPS) is 11.9. The summed E-state index contributed by atoms with van der Waals surface area (Å²) in [5.41, 5.74) is 0.0417. The smallest absolute Gasteiger partial charge is 0.144 e. The summed E-state index contributed by atoms with van der Waals surface area (Å²) in [6.07, 6.45) is 1.11. The van der Waals surface area contributed by atoms with E-state index in [0.29, 0.717) is 18.3 Å². The average Bonchev–Trinajstić information content (AvgIpc) is 2.37. The van der Waals surface area contributed by atoms with Gasteiger partial charge < -0.3 is 10.1 Å². The number of halogens is 1. The minimum Gasteiger partial charge on any atom is -0.493 e. The molecule has 1 rings (SSSR count). The van der Waals surface area contributed by atoms with Crippen molar-refractivity contribution in [3.05, 3.63) is 29.6 Å². The molecule has 1 aromatic rings. The van der Waals surface area contributed by atoms with Crippen molar-refractivity contribution in [2.75, 3.05) is 19.7 Å². The molecule has 4 heteroatoms. The van der Waals surface area contributed by atoms with Gasteiger partial charge in [0.05, 0.1) is 12.2 Å². The monoisotopic (exact) mass is 250 g/mol. The van der Waals surface area contributed by atoms with Crippen LogP contribution in [0.5, 0.6) is 5.75 Å². The first-order valence-corrected chi connectivity index (χ1v) is 6.20. The van der Waals surface area contributed by atoms with E-state index in [1.54, 1.807) is 12.1 Å². The zero-order valence-electron chi connectivity index (χ0n) is 10.9. The lowest BCUT2D eigenvalue weighted by atomic mass is 10.2. The molecule has 0 aliphatic rings. The molecule has 0 saturated carbocycles. The third-order valence-electron chi connectivity index (χ3n) is 2.52. The summed E-state index contributed by atoms with van der Waals surface area (Å²) in [4.78, 5) is 0. The Morgan fingerprint density at radius 2 is 2.28 bits per heavy atom. The van der Waals surface area contributed by atoms with Gasteiger partial charge in [-0.2, -0.15) is 5.26 Å². The van der Waals surface area contributed by atoms with Crippen molar-refractivity contribution in [2.45, 2.75) is 20.3 Å². The average molecular weight is 250 g/mol. The summed E-state index contributed by atoms with van der Waals surface area (Å²) in [5.74, 6) is 0.288. The Hall–Kier alpha value is -1.60. The van der Waals surface area contributed by atoms with Crippen LogP contribution in [0.15, 0.2) is 18.2 Å². The van der Waals surface area contributed by atoms with Crippen LogP contribution < -0.4 is 10.1 Å². The van der Waals surface area contributed by atoms with Crippen LogP contribution in [0.2, 0.25) is 0 Å². The van der Waals surface area contributed by atoms with Gasteiger partial charge in [0, 0.05) is 18.5 Å². The summed E-state index contributed by atoms with van der Waals surface area (Å²) in [6.45, 7) is 6.60. The highest BCUT2D eigenvalue weighted by Gasteiger charge is 2.06. The Kier molecular flexibility index (Phi) is 6.16. The number of hydrogen-bond acceptors (Lipinski definition) is 3. The Morgan fingerprint density at radius 3 is 2.89 bits per heavy atom. The van der Waals surface area contributed by atoms with Gasteiger partial charge in [0.2, 0.25) is 0 Å². The molecule has 1 N–H and O–H groups in total. The first-order chi connectivity index (χ1) is 8.67. The van der Waals surface area contributed by atoms with E-state index in [0.717, 1.165) is 19.5 Å². The fraction of sp³-hybridized carbons (Fsp3) is 0.500. The molecular formula is C14H19FN2O. The molecule has 0 spiro atoms. The Bertz CT molecular complexity index is 415. The largest absolute Gasteiger partial charge is 0.493 e. The third kappa shape index (κ3) is 4.72. The van der Waals surface area contributed by atoms with Gasteiger partial charge in [-0.05, 0) is 25.1 Å². The van der Waals surface area contributed by atoms with Gasteiger partial charge in [-0.25, -0.2) is 4.39 Å². The fourth-order valence-electron chi connectivity index (χ4n) is 1.50. The maximum atomic E-state index is 13.3. The van der Waals surface area contributed by atoms with E-state index in [4.69, 9.17) is 10.00 Å². The highest BCUT2D eigenvalue weighted by Crippen LogP contribution is 2.16. The van der Waals surface area contributed by atoms with E-state index in [9.17, 15) is 4.39 Å². The molecule has 1 atom stereocenters. The highest BCUT2D eigenvalue weighted by molar-refractivity contribution is 5.36. The zero-order valence-corrected chi connectivity index (χ0v) is 10.9. The van der Waals surface area contributed by atoms with Crippen molar-refractivity contribution >= 4 is 0 Å². The van der Waals surface area contributed by atoms with Crippen LogP contribution in [0.1, 0.15) is 25.8 Å². The van der Waals surface area contributed by atoms with Crippen molar-refractivity contribution in [2.24, 2.45) is 5.92 Å². The van der Waals surface area contributed by atoms with Gasteiger partial charge >= 0.3 is 0 Å². The molecule has 0 radical (unpaired) electrons. The molecule has 1 aromatic carbocycles. The highest BCUT2D eigenvalue weighted by atomic mass is 19.1. The van der Waals surface area contributed by atoms with Gasteiger partial charge in [0.25, 0.3) is 0 Å². The molecule has 0 saturated heterocycles. The molecule has 0 aromatic heterocycles. The Morgan fingerprint density at radius 1 is 1.50 bits per heavy atom. The van der Waals surface area contributed by atoms with Crippen LogP contribution >= 0.6 is 0 Å². The molecule has 1 unspecified atom stereocenters. The summed E-state index contributed by atoms with van der Waals surface area (Å²) in [6, 6.07) is 6.09. The van der Waals surface area contributed by atoms with Crippen molar-refractivity contribution < 1.29 is 9.13 Å². The number of nitriles is 1. The standard InChI is InChI=1S/C14H19FN2O/c1-3-6-17-9-11(2)10-18-13-5-4-12(8-16)14(15)7-13/h4-5,7,11,17H,3,6,9-10H2,1-2H3. The lowest BCUT2D eigenvalue weighted by molar-refractivity contribution is 0.255. The molecule has 3 nitrogen and oxygen atoms in total. The second kappa shape index (κ2) is 7.67. The number of ether oxygens (including phenoxy) is 1. The molecule has 0 heterocycles. The molecule has 18 heavy (non-hydrogen) atoms. The fourth-order valence-corrected chi connectivity index (χ4v) is 1.50. The van der Waals surface area contributed by atoms with E-state index in [1.807, 2.05) is 0 Å². The van der Waals surface area contributed by atoms with Crippen LogP contribution in [-0.2, 0) is 0 Å². The first kappa shape index (κ1) is 14.5. The van der Waals surface area contributed by atoms with Crippen LogP contribution in [0, 0.1) is 23.1 Å². The van der Waals surface area contributed by atoms with Crippen LogP contribution in [0.4, 0.5) is 4.39 Å². The van der Waals surface area contributed by atoms with Crippen molar-refractivity contribution in [3.8, 4) is 11.8 Å². The zero-order chi connectivity index (χ0) is 13.4. The maximum absolute atomic E-state index is 13.3. The number of rotatable bonds is 7. The van der Waals surface area contributed by atoms with Crippen LogP contribution in [-0.4, -0.2) is 19.7 Å². The van der Waals surface area contributed by atoms with E-state index in [1.165, 1.54) is 12.1 Å². The topological polar surface area (TPSA) is 45.0 Å². The number of benzene rings is 1. The summed E-state index contributed by atoms with van der Waals surface area (Å²) < 4.78 is 18.8. The lowest BCUT2D eigenvalue weighted by Gasteiger charge is -2.13. The molecule has 0 bridgehead atoms. The minimum atomic E-state index is -0.535. The van der Waals surface area contributed by atoms with Gasteiger partial charge in [0.15, 0.2) is 0 Å². The second-order valence-corrected chi connectivity index (χ2v) is 4.37. The molecule has 0 aliphatic carbocycles. The summed E-state index contributed by atoms with van der Waals surface area (Å²) in [5, 5.41) is 11.9. The van der Waals surface area contributed by atoms with E-state index >= 15 is 0 Å². The quantitative estimate of drug-likeness (QED) is 0.757. The maximum Gasteiger partial charge on any atom is 0.144 e. The van der Waals surface area contributed by atoms with E-state index in [2.05, 4.69) is 19.2 Å². The summed E-state index contributed by atoms with van der Waals surface area (Å²) >= 11 is 0. The Labute approximate surface area is 108 Å². The summed E-state index contributed by atoms with van der Waals surface area (Å²) in [7, 11) is 0. The molecule has 0 amide bonds. The van der Waals surface area contributed by atoms with Gasteiger partial charge in [-0.3, -0.25) is 0 Å². The lowest BCUT2D eigenvalue weighted by Crippen LogP contribution is -2.25. The molecular weight excluding hydrogens is 231 g/mol. The van der Waals surface area contributed by atoms with Gasteiger partial charge in [0.1, 0.15) is 17.6 Å². The van der Waals surface area contributed by atoms with E-state index in [-0.39, 0.29) is 5.56 Å². The van der Waals surface area contributed by atoms with Gasteiger partial charge in [-0.1, -0.05) is 13.8 Å². The number of nitrogens with one attached hydrogen (secondary N) is 1. The number of nitrogens with zero attached hydrogens (tertiary/aromatic N) is 1. The first-order valence-electron chi connectivity index (χ1n) is 6.20. The van der Waals surface area contributed by atoms with Gasteiger partial charge in [-0.15, -0.1) is 0 Å². The van der Waals surface area contributed by atoms with Crippen LogP contribution in [0.3, 0.4) is 0 Å². The van der Waals surface area contributed by atoms with Crippen LogP contribution in [0.25, 0.3) is 0 Å². The molecule has 0 aliphatic heterocycles. The van der Waals surface area contributed by atoms with E-state index < -0.39 is 5.82 Å². The van der Waals surface area contributed by atoms with Crippen molar-refractivity contribution in [3.63, 3.8) is 0 Å². The van der Waals surface area contributed by atoms with Crippen molar-refractivity contribution in [1.82, 2.24) is 5.32 Å². The SMILES string of the molecule is CCCNCC(C)COc1ccc(C#N)c(F)c1. The minimum absolute atomic E-state index is 0.0417. The Balaban J connectivity index is 2.39. The predicted octanol–water partition coefficient (Wildman–Crippen LogP) is 2.71. The molecule has 98 valence electrons. The third-order valence-corrected chi connectivity index (χ3v) is 2.52. The second-order valence-electron chi connectivity index (χ2n) is 4.37. The van der Waals surface area contributed by atoms with Crippen molar-refractivity contribution in [1.29, 1.82) is 5.26 Å².